The molecule has 0 aliphatic carbocycles. The topological polar surface area (TPSA) is 105 Å². The quantitative estimate of drug-likeness (QED) is 0.448. The van der Waals surface area contributed by atoms with Gasteiger partial charge in [-0.15, -0.1) is 0 Å². The summed E-state index contributed by atoms with van der Waals surface area (Å²) in [6.45, 7) is 3.81. The summed E-state index contributed by atoms with van der Waals surface area (Å²) in [5, 5.41) is 2.78. The van der Waals surface area contributed by atoms with E-state index in [2.05, 4.69) is 5.32 Å². The third kappa shape index (κ3) is 7.61. The average molecular weight is 506 g/mol. The van der Waals surface area contributed by atoms with Gasteiger partial charge < -0.3 is 19.7 Å². The zero-order chi connectivity index (χ0) is 26.0. The monoisotopic (exact) mass is 505 g/mol. The van der Waals surface area contributed by atoms with Gasteiger partial charge in [-0.2, -0.15) is 0 Å². The Hall–Kier alpha value is -3.27. The van der Waals surface area contributed by atoms with Crippen LogP contribution in [0.3, 0.4) is 0 Å². The van der Waals surface area contributed by atoms with Crippen molar-refractivity contribution in [2.75, 3.05) is 44.4 Å². The first-order chi connectivity index (χ1) is 16.7. The second-order valence-electron chi connectivity index (χ2n) is 7.95. The van der Waals surface area contributed by atoms with Gasteiger partial charge in [0, 0.05) is 19.2 Å². The number of nitrogens with one attached hydrogen (secondary N) is 1. The van der Waals surface area contributed by atoms with Gasteiger partial charge in [-0.25, -0.2) is 8.42 Å². The first kappa shape index (κ1) is 28.0. The molecular weight excluding hydrogens is 470 g/mol. The molecule has 192 valence electrons. The minimum Gasteiger partial charge on any atom is -0.497 e. The first-order valence-electron chi connectivity index (χ1n) is 11.5. The molecule has 0 radical (unpaired) electrons. The van der Waals surface area contributed by atoms with Gasteiger partial charge in [0.2, 0.25) is 21.8 Å². The summed E-state index contributed by atoms with van der Waals surface area (Å²) >= 11 is 0. The van der Waals surface area contributed by atoms with Crippen LogP contribution in [0, 0.1) is 0 Å². The maximum Gasteiger partial charge on any atom is 0.244 e. The maximum atomic E-state index is 13.6. The van der Waals surface area contributed by atoms with E-state index in [-0.39, 0.29) is 23.9 Å². The van der Waals surface area contributed by atoms with E-state index in [9.17, 15) is 18.0 Å². The van der Waals surface area contributed by atoms with Gasteiger partial charge in [-0.3, -0.25) is 13.9 Å². The van der Waals surface area contributed by atoms with E-state index in [0.29, 0.717) is 25.1 Å². The molecule has 0 aliphatic heterocycles. The number of carbonyl (C=O) groups is 2. The number of likely N-dealkylation sites (N-methyl/N-ethyl adjacent to an activating group) is 1. The Kier molecular flexibility index (Phi) is 10.4. The first-order valence-corrected chi connectivity index (χ1v) is 13.3. The lowest BCUT2D eigenvalue weighted by Crippen LogP contribution is -2.53. The lowest BCUT2D eigenvalue weighted by molar-refractivity contribution is -0.139. The number of hydrogen-bond acceptors (Lipinski definition) is 6. The van der Waals surface area contributed by atoms with Crippen LogP contribution in [0.25, 0.3) is 0 Å². The molecule has 1 atom stereocenters. The molecule has 0 aromatic heterocycles. The molecule has 1 N–H and O–H groups in total. The second kappa shape index (κ2) is 13.0. The third-order valence-corrected chi connectivity index (χ3v) is 6.68. The van der Waals surface area contributed by atoms with Crippen molar-refractivity contribution in [1.29, 1.82) is 0 Å². The van der Waals surface area contributed by atoms with Crippen LogP contribution in [0.2, 0.25) is 0 Å². The highest BCUT2D eigenvalue weighted by Gasteiger charge is 2.32. The van der Waals surface area contributed by atoms with Gasteiger partial charge in [0.1, 0.15) is 24.1 Å². The van der Waals surface area contributed by atoms with Crippen LogP contribution in [0.15, 0.2) is 48.5 Å². The molecule has 0 bridgehead atoms. The van der Waals surface area contributed by atoms with Crippen molar-refractivity contribution in [1.82, 2.24) is 10.2 Å². The van der Waals surface area contributed by atoms with Crippen LogP contribution in [0.1, 0.15) is 25.8 Å². The molecule has 0 spiro atoms. The van der Waals surface area contributed by atoms with E-state index in [1.165, 1.54) is 25.2 Å². The minimum absolute atomic E-state index is 0.178. The molecule has 9 nitrogen and oxygen atoms in total. The number of amides is 2. The van der Waals surface area contributed by atoms with E-state index in [1.54, 1.807) is 19.1 Å². The van der Waals surface area contributed by atoms with Gasteiger partial charge in [-0.05, 0) is 37.5 Å². The Morgan fingerprint density at radius 2 is 1.71 bits per heavy atom. The fourth-order valence-electron chi connectivity index (χ4n) is 3.77. The molecule has 35 heavy (non-hydrogen) atoms. The summed E-state index contributed by atoms with van der Waals surface area (Å²) in [7, 11) is -1.00. The molecule has 0 heterocycles. The van der Waals surface area contributed by atoms with Crippen LogP contribution in [-0.2, 0) is 26.0 Å². The zero-order valence-electron chi connectivity index (χ0n) is 21.0. The largest absolute Gasteiger partial charge is 0.497 e. The van der Waals surface area contributed by atoms with Crippen molar-refractivity contribution in [2.24, 2.45) is 0 Å². The Morgan fingerprint density at radius 3 is 2.26 bits per heavy atom. The van der Waals surface area contributed by atoms with E-state index < -0.39 is 28.5 Å². The Morgan fingerprint density at radius 1 is 1.03 bits per heavy atom. The minimum atomic E-state index is -3.88. The fourth-order valence-corrected chi connectivity index (χ4v) is 4.62. The third-order valence-electron chi connectivity index (χ3n) is 5.56. The number of benzene rings is 2. The van der Waals surface area contributed by atoms with Crippen molar-refractivity contribution in [3.05, 3.63) is 54.1 Å². The van der Waals surface area contributed by atoms with Crippen LogP contribution >= 0.6 is 0 Å². The normalized spacial score (nSPS) is 11.9. The molecule has 0 saturated carbocycles. The number of methoxy groups -OCH3 is 2. The zero-order valence-corrected chi connectivity index (χ0v) is 21.8. The summed E-state index contributed by atoms with van der Waals surface area (Å²) in [6, 6.07) is 13.6. The average Bonchev–Trinajstić information content (AvgIpc) is 2.84. The highest BCUT2D eigenvalue weighted by molar-refractivity contribution is 7.92. The van der Waals surface area contributed by atoms with E-state index in [4.69, 9.17) is 9.47 Å². The van der Waals surface area contributed by atoms with Crippen molar-refractivity contribution in [2.45, 2.75) is 32.7 Å². The van der Waals surface area contributed by atoms with Gasteiger partial charge in [0.15, 0.2) is 0 Å². The smallest absolute Gasteiger partial charge is 0.244 e. The molecule has 0 saturated heterocycles. The van der Waals surface area contributed by atoms with Crippen LogP contribution in [0.4, 0.5) is 5.69 Å². The number of rotatable bonds is 13. The molecule has 2 amide bonds. The SMILES string of the molecule is CCNC(=O)C(CC)N(CCc1ccccc1)C(=O)CN(c1cc(OC)ccc1OC)S(C)(=O)=O. The summed E-state index contributed by atoms with van der Waals surface area (Å²) in [6.07, 6.45) is 1.92. The summed E-state index contributed by atoms with van der Waals surface area (Å²) in [5.41, 5.74) is 1.18. The van der Waals surface area contributed by atoms with E-state index in [0.717, 1.165) is 16.1 Å². The fraction of sp³-hybridized carbons (Fsp3) is 0.440. The molecule has 0 fully saturated rings. The molecular formula is C25H35N3O6S. The molecule has 2 aromatic rings. The lowest BCUT2D eigenvalue weighted by Gasteiger charge is -2.33. The highest BCUT2D eigenvalue weighted by Crippen LogP contribution is 2.33. The van der Waals surface area contributed by atoms with E-state index in [1.807, 2.05) is 37.3 Å². The maximum absolute atomic E-state index is 13.6. The Balaban J connectivity index is 2.44. The standard InChI is InChI=1S/C25H35N3O6S/c1-6-21(25(30)26-7-2)27(16-15-19-11-9-8-10-12-19)24(29)18-28(35(5,31)32)22-17-20(33-3)13-14-23(22)34-4/h8-14,17,21H,6-7,15-16,18H2,1-5H3,(H,26,30). The molecule has 0 aliphatic rings. The van der Waals surface area contributed by atoms with E-state index >= 15 is 0 Å². The van der Waals surface area contributed by atoms with Crippen molar-refractivity contribution in [3.8, 4) is 11.5 Å². The van der Waals surface area contributed by atoms with Gasteiger partial charge in [0.05, 0.1) is 26.2 Å². The summed E-state index contributed by atoms with van der Waals surface area (Å²) < 4.78 is 37.2. The van der Waals surface area contributed by atoms with Gasteiger partial charge in [0.25, 0.3) is 0 Å². The summed E-state index contributed by atoms with van der Waals surface area (Å²) in [4.78, 5) is 27.9. The molecule has 1 unspecified atom stereocenters. The molecule has 2 aromatic carbocycles. The second-order valence-corrected chi connectivity index (χ2v) is 9.86. The lowest BCUT2D eigenvalue weighted by atomic mass is 10.1. The number of hydrogen-bond donors (Lipinski definition) is 1. The predicted molar refractivity (Wildman–Crippen MR) is 136 cm³/mol. The predicted octanol–water partition coefficient (Wildman–Crippen LogP) is 2.46. The van der Waals surface area contributed by atoms with Crippen LogP contribution in [0.5, 0.6) is 11.5 Å². The van der Waals surface area contributed by atoms with Crippen molar-refractivity contribution >= 4 is 27.5 Å². The van der Waals surface area contributed by atoms with Crippen LogP contribution in [-0.4, -0.2) is 71.3 Å². The number of ether oxygens (including phenoxy) is 2. The van der Waals surface area contributed by atoms with Gasteiger partial charge >= 0.3 is 0 Å². The highest BCUT2D eigenvalue weighted by atomic mass is 32.2. The van der Waals surface area contributed by atoms with Crippen LogP contribution < -0.4 is 19.1 Å². The molecule has 10 heteroatoms. The van der Waals surface area contributed by atoms with Crippen molar-refractivity contribution in [3.63, 3.8) is 0 Å². The number of sulfonamides is 1. The van der Waals surface area contributed by atoms with Gasteiger partial charge in [-0.1, -0.05) is 37.3 Å². The van der Waals surface area contributed by atoms with Crippen molar-refractivity contribution < 1.29 is 27.5 Å². The number of carbonyl (C=O) groups excluding carboxylic acids is 2. The molecule has 2 rings (SSSR count). The Labute approximate surface area is 208 Å². The number of anilines is 1. The summed E-state index contributed by atoms with van der Waals surface area (Å²) in [5.74, 6) is -0.0807. The Bertz CT molecular complexity index is 1090. The number of nitrogens with zero attached hydrogens (tertiary/aromatic N) is 2.